The van der Waals surface area contributed by atoms with Crippen LogP contribution in [-0.2, 0) is 9.53 Å². The average Bonchev–Trinajstić information content (AvgIpc) is 2.85. The van der Waals surface area contributed by atoms with Crippen molar-refractivity contribution >= 4 is 5.97 Å². The van der Waals surface area contributed by atoms with E-state index < -0.39 is 5.54 Å². The minimum Gasteiger partial charge on any atom is -0.490 e. The molecule has 104 valence electrons. The Bertz CT molecular complexity index is 421. The van der Waals surface area contributed by atoms with Crippen molar-refractivity contribution < 1.29 is 14.3 Å². The molecule has 1 aromatic rings. The van der Waals surface area contributed by atoms with Crippen molar-refractivity contribution in [2.75, 3.05) is 13.7 Å². The zero-order valence-corrected chi connectivity index (χ0v) is 11.5. The smallest absolute Gasteiger partial charge is 0.326 e. The van der Waals surface area contributed by atoms with Gasteiger partial charge in [-0.05, 0) is 38.9 Å². The molecular formula is C15H21NO3. The SMILES string of the molecule is CCOC(=O)C1(NC)CCC(Oc2ccccc2)C1. The highest BCUT2D eigenvalue weighted by Crippen LogP contribution is 2.33. The molecule has 1 aromatic carbocycles. The lowest BCUT2D eigenvalue weighted by Gasteiger charge is -2.26. The monoisotopic (exact) mass is 263 g/mol. The summed E-state index contributed by atoms with van der Waals surface area (Å²) in [6.07, 6.45) is 2.31. The first-order valence-corrected chi connectivity index (χ1v) is 6.78. The van der Waals surface area contributed by atoms with Gasteiger partial charge in [0.05, 0.1) is 6.61 Å². The summed E-state index contributed by atoms with van der Waals surface area (Å²) in [5, 5.41) is 3.12. The lowest BCUT2D eigenvalue weighted by molar-refractivity contribution is -0.151. The van der Waals surface area contributed by atoms with E-state index in [4.69, 9.17) is 9.47 Å². The lowest BCUT2D eigenvalue weighted by atomic mass is 9.98. The Kier molecular flexibility index (Phi) is 4.43. The standard InChI is InChI=1S/C15H21NO3/c1-3-18-14(17)15(16-2)10-9-13(11-15)19-12-7-5-4-6-8-12/h4-8,13,16H,3,9-11H2,1-2H3. The van der Waals surface area contributed by atoms with Crippen molar-refractivity contribution in [3.63, 3.8) is 0 Å². The van der Waals surface area contributed by atoms with Gasteiger partial charge >= 0.3 is 5.97 Å². The summed E-state index contributed by atoms with van der Waals surface area (Å²) in [6.45, 7) is 2.24. The Morgan fingerprint density at radius 3 is 2.79 bits per heavy atom. The molecule has 0 bridgehead atoms. The van der Waals surface area contributed by atoms with Crippen LogP contribution in [0.4, 0.5) is 0 Å². The number of carbonyl (C=O) groups is 1. The van der Waals surface area contributed by atoms with Crippen LogP contribution >= 0.6 is 0 Å². The summed E-state index contributed by atoms with van der Waals surface area (Å²) in [7, 11) is 1.81. The lowest BCUT2D eigenvalue weighted by Crippen LogP contribution is -2.49. The first kappa shape index (κ1) is 13.9. The Morgan fingerprint density at radius 2 is 2.16 bits per heavy atom. The normalized spacial score (nSPS) is 26.1. The third-order valence-corrected chi connectivity index (χ3v) is 3.66. The number of esters is 1. The van der Waals surface area contributed by atoms with Crippen molar-refractivity contribution in [3.8, 4) is 5.75 Å². The molecule has 2 rings (SSSR count). The number of hydrogen-bond donors (Lipinski definition) is 1. The Hall–Kier alpha value is -1.55. The molecule has 1 N–H and O–H groups in total. The zero-order chi connectivity index (χ0) is 13.7. The van der Waals surface area contributed by atoms with Crippen LogP contribution in [0, 0.1) is 0 Å². The summed E-state index contributed by atoms with van der Waals surface area (Å²) in [4.78, 5) is 12.1. The Balaban J connectivity index is 1.99. The second-order valence-corrected chi connectivity index (χ2v) is 4.85. The van der Waals surface area contributed by atoms with Crippen LogP contribution in [0.25, 0.3) is 0 Å². The van der Waals surface area contributed by atoms with E-state index in [-0.39, 0.29) is 12.1 Å². The molecule has 0 aromatic heterocycles. The number of rotatable bonds is 5. The van der Waals surface area contributed by atoms with Gasteiger partial charge in [0.25, 0.3) is 0 Å². The van der Waals surface area contributed by atoms with Gasteiger partial charge in [0.1, 0.15) is 17.4 Å². The number of likely N-dealkylation sites (N-methyl/N-ethyl adjacent to an activating group) is 1. The van der Waals surface area contributed by atoms with Crippen molar-refractivity contribution in [3.05, 3.63) is 30.3 Å². The second-order valence-electron chi connectivity index (χ2n) is 4.85. The highest BCUT2D eigenvalue weighted by Gasteiger charge is 2.46. The van der Waals surface area contributed by atoms with Gasteiger partial charge in [-0.2, -0.15) is 0 Å². The molecule has 2 unspecified atom stereocenters. The summed E-state index contributed by atoms with van der Waals surface area (Å²) in [6, 6.07) is 9.72. The minimum atomic E-state index is -0.588. The fourth-order valence-electron chi connectivity index (χ4n) is 2.58. The molecule has 4 heteroatoms. The molecule has 1 aliphatic carbocycles. The second kappa shape index (κ2) is 6.06. The molecule has 4 nitrogen and oxygen atoms in total. The molecule has 2 atom stereocenters. The molecule has 0 radical (unpaired) electrons. The third kappa shape index (κ3) is 3.07. The molecule has 19 heavy (non-hydrogen) atoms. The highest BCUT2D eigenvalue weighted by atomic mass is 16.5. The van der Waals surface area contributed by atoms with E-state index in [1.807, 2.05) is 44.3 Å². The van der Waals surface area contributed by atoms with Crippen molar-refractivity contribution in [2.45, 2.75) is 37.8 Å². The van der Waals surface area contributed by atoms with Crippen LogP contribution in [0.15, 0.2) is 30.3 Å². The quantitative estimate of drug-likeness (QED) is 0.827. The largest absolute Gasteiger partial charge is 0.490 e. The molecule has 0 spiro atoms. The van der Waals surface area contributed by atoms with Crippen LogP contribution in [-0.4, -0.2) is 31.3 Å². The van der Waals surface area contributed by atoms with Crippen molar-refractivity contribution in [2.24, 2.45) is 0 Å². The predicted octanol–water partition coefficient (Wildman–Crippen LogP) is 2.14. The summed E-state index contributed by atoms with van der Waals surface area (Å²) in [5.41, 5.74) is -0.588. The van der Waals surface area contributed by atoms with Gasteiger partial charge in [0.15, 0.2) is 0 Å². The maximum atomic E-state index is 12.1. The molecule has 0 aliphatic heterocycles. The van der Waals surface area contributed by atoms with E-state index in [9.17, 15) is 4.79 Å². The number of carbonyl (C=O) groups excluding carboxylic acids is 1. The fourth-order valence-corrected chi connectivity index (χ4v) is 2.58. The molecule has 0 amide bonds. The minimum absolute atomic E-state index is 0.0549. The molecule has 0 saturated heterocycles. The Labute approximate surface area is 114 Å². The zero-order valence-electron chi connectivity index (χ0n) is 11.5. The van der Waals surface area contributed by atoms with E-state index in [0.717, 1.165) is 18.6 Å². The summed E-state index contributed by atoms with van der Waals surface area (Å²) in [5.74, 6) is 0.680. The topological polar surface area (TPSA) is 47.6 Å². The van der Waals surface area contributed by atoms with E-state index in [2.05, 4.69) is 5.32 Å². The first-order valence-electron chi connectivity index (χ1n) is 6.78. The highest BCUT2D eigenvalue weighted by molar-refractivity contribution is 5.81. The van der Waals surface area contributed by atoms with Crippen LogP contribution in [0.3, 0.4) is 0 Å². The van der Waals surface area contributed by atoms with Crippen LogP contribution in [0.2, 0.25) is 0 Å². The Morgan fingerprint density at radius 1 is 1.42 bits per heavy atom. The van der Waals surface area contributed by atoms with Crippen LogP contribution in [0.1, 0.15) is 26.2 Å². The van der Waals surface area contributed by atoms with Gasteiger partial charge in [0.2, 0.25) is 0 Å². The van der Waals surface area contributed by atoms with E-state index in [0.29, 0.717) is 13.0 Å². The number of para-hydroxylation sites is 1. The number of ether oxygens (including phenoxy) is 2. The average molecular weight is 263 g/mol. The fraction of sp³-hybridized carbons (Fsp3) is 0.533. The number of benzene rings is 1. The van der Waals surface area contributed by atoms with Crippen LogP contribution in [0.5, 0.6) is 5.75 Å². The van der Waals surface area contributed by atoms with Gasteiger partial charge in [-0.15, -0.1) is 0 Å². The molecule has 1 fully saturated rings. The van der Waals surface area contributed by atoms with Gasteiger partial charge in [0, 0.05) is 6.42 Å². The maximum absolute atomic E-state index is 12.1. The molecule has 1 saturated carbocycles. The van der Waals surface area contributed by atoms with E-state index in [1.165, 1.54) is 0 Å². The van der Waals surface area contributed by atoms with E-state index >= 15 is 0 Å². The molecule has 0 heterocycles. The summed E-state index contributed by atoms with van der Waals surface area (Å²) >= 11 is 0. The summed E-state index contributed by atoms with van der Waals surface area (Å²) < 4.78 is 11.1. The maximum Gasteiger partial charge on any atom is 0.326 e. The third-order valence-electron chi connectivity index (χ3n) is 3.66. The predicted molar refractivity (Wildman–Crippen MR) is 73.1 cm³/mol. The van der Waals surface area contributed by atoms with Gasteiger partial charge in [-0.1, -0.05) is 18.2 Å². The van der Waals surface area contributed by atoms with E-state index in [1.54, 1.807) is 0 Å². The number of nitrogens with one attached hydrogen (secondary N) is 1. The van der Waals surface area contributed by atoms with Crippen LogP contribution < -0.4 is 10.1 Å². The first-order chi connectivity index (χ1) is 9.20. The van der Waals surface area contributed by atoms with Gasteiger partial charge in [-0.3, -0.25) is 4.79 Å². The van der Waals surface area contributed by atoms with Crippen molar-refractivity contribution in [1.82, 2.24) is 5.32 Å². The molecular weight excluding hydrogens is 242 g/mol. The number of hydrogen-bond acceptors (Lipinski definition) is 4. The molecule has 1 aliphatic rings. The van der Waals surface area contributed by atoms with Gasteiger partial charge < -0.3 is 14.8 Å². The van der Waals surface area contributed by atoms with Gasteiger partial charge in [-0.25, -0.2) is 0 Å². The van der Waals surface area contributed by atoms with Crippen molar-refractivity contribution in [1.29, 1.82) is 0 Å².